The monoisotopic (exact) mass is 322 g/mol. The smallest absolute Gasteiger partial charge is 0.137 e. The molecule has 4 rings (SSSR count). The van der Waals surface area contributed by atoms with Crippen LogP contribution in [0, 0.1) is 12.8 Å². The molecule has 3 aromatic heterocycles. The van der Waals surface area contributed by atoms with Crippen molar-refractivity contribution in [2.24, 2.45) is 5.92 Å². The number of hydrogen-bond donors (Lipinski definition) is 1. The van der Waals surface area contributed by atoms with Crippen molar-refractivity contribution < 1.29 is 4.42 Å². The average molecular weight is 322 g/mol. The van der Waals surface area contributed by atoms with Crippen LogP contribution < -0.4 is 5.32 Å². The van der Waals surface area contributed by atoms with Crippen LogP contribution in [0.3, 0.4) is 0 Å². The van der Waals surface area contributed by atoms with Crippen LogP contribution in [0.4, 0.5) is 0 Å². The molecule has 5 heteroatoms. The molecule has 0 saturated heterocycles. The highest BCUT2D eigenvalue weighted by atomic mass is 16.3. The zero-order valence-electron chi connectivity index (χ0n) is 14.1. The molecule has 0 aromatic carbocycles. The fourth-order valence-electron chi connectivity index (χ4n) is 3.02. The minimum Gasteiger partial charge on any atom is -0.464 e. The standard InChI is InChI=1S/C19H22N4O/c1-13-9-17(13)18-5-4-16(24-18)12-20-10-15-3-6-19(22-11-15)23-8-7-21-14(23)2/h3-8,11,13,17,20H,9-10,12H2,1-2H3/t13-,17+/m1/s1. The van der Waals surface area contributed by atoms with E-state index < -0.39 is 0 Å². The summed E-state index contributed by atoms with van der Waals surface area (Å²) in [5, 5.41) is 3.41. The molecule has 2 atom stereocenters. The summed E-state index contributed by atoms with van der Waals surface area (Å²) in [6.07, 6.45) is 6.87. The van der Waals surface area contributed by atoms with E-state index in [0.29, 0.717) is 5.92 Å². The molecular weight excluding hydrogens is 300 g/mol. The lowest BCUT2D eigenvalue weighted by Crippen LogP contribution is -2.12. The van der Waals surface area contributed by atoms with Crippen molar-refractivity contribution in [1.29, 1.82) is 0 Å². The lowest BCUT2D eigenvalue weighted by Gasteiger charge is -2.06. The Labute approximate surface area is 141 Å². The maximum absolute atomic E-state index is 5.91. The number of imidazole rings is 1. The van der Waals surface area contributed by atoms with Crippen molar-refractivity contribution in [3.05, 3.63) is 65.8 Å². The number of nitrogens with zero attached hydrogens (tertiary/aromatic N) is 3. The van der Waals surface area contributed by atoms with Gasteiger partial charge in [-0.3, -0.25) is 4.57 Å². The van der Waals surface area contributed by atoms with E-state index in [1.54, 1.807) is 6.20 Å². The highest BCUT2D eigenvalue weighted by molar-refractivity contribution is 5.27. The van der Waals surface area contributed by atoms with Gasteiger partial charge < -0.3 is 9.73 Å². The zero-order valence-corrected chi connectivity index (χ0v) is 14.1. The maximum Gasteiger partial charge on any atom is 0.137 e. The third-order valence-corrected chi connectivity index (χ3v) is 4.67. The van der Waals surface area contributed by atoms with Crippen LogP contribution in [-0.2, 0) is 13.1 Å². The minimum absolute atomic E-state index is 0.641. The topological polar surface area (TPSA) is 55.9 Å². The third kappa shape index (κ3) is 3.12. The summed E-state index contributed by atoms with van der Waals surface area (Å²) < 4.78 is 7.88. The van der Waals surface area contributed by atoms with Crippen molar-refractivity contribution in [2.75, 3.05) is 0 Å². The molecule has 0 bridgehead atoms. The molecule has 1 N–H and O–H groups in total. The molecule has 0 unspecified atom stereocenters. The highest BCUT2D eigenvalue weighted by Crippen LogP contribution is 2.47. The quantitative estimate of drug-likeness (QED) is 0.753. The van der Waals surface area contributed by atoms with E-state index in [9.17, 15) is 0 Å². The molecule has 1 fully saturated rings. The largest absolute Gasteiger partial charge is 0.464 e. The summed E-state index contributed by atoms with van der Waals surface area (Å²) in [5.74, 6) is 5.39. The van der Waals surface area contributed by atoms with Crippen LogP contribution in [0.2, 0.25) is 0 Å². The fourth-order valence-corrected chi connectivity index (χ4v) is 3.02. The molecule has 1 aliphatic rings. The van der Waals surface area contributed by atoms with Gasteiger partial charge in [0, 0.05) is 31.1 Å². The summed E-state index contributed by atoms with van der Waals surface area (Å²) in [7, 11) is 0. The molecule has 3 heterocycles. The molecule has 124 valence electrons. The Balaban J connectivity index is 1.31. The van der Waals surface area contributed by atoms with Crippen molar-refractivity contribution in [3.8, 4) is 5.82 Å². The number of pyridine rings is 1. The van der Waals surface area contributed by atoms with E-state index in [1.807, 2.05) is 30.0 Å². The van der Waals surface area contributed by atoms with Crippen molar-refractivity contribution in [2.45, 2.75) is 39.3 Å². The predicted molar refractivity (Wildman–Crippen MR) is 91.9 cm³/mol. The maximum atomic E-state index is 5.91. The Hall–Kier alpha value is -2.40. The Bertz CT molecular complexity index is 818. The first-order valence-electron chi connectivity index (χ1n) is 8.45. The van der Waals surface area contributed by atoms with Gasteiger partial charge in [-0.2, -0.15) is 0 Å². The highest BCUT2D eigenvalue weighted by Gasteiger charge is 2.36. The van der Waals surface area contributed by atoms with Gasteiger partial charge in [0.2, 0.25) is 0 Å². The molecule has 0 radical (unpaired) electrons. The number of aromatic nitrogens is 3. The van der Waals surface area contributed by atoms with Gasteiger partial charge in [-0.25, -0.2) is 9.97 Å². The van der Waals surface area contributed by atoms with Crippen LogP contribution in [0.25, 0.3) is 5.82 Å². The Morgan fingerprint density at radius 2 is 2.08 bits per heavy atom. The second kappa shape index (κ2) is 6.24. The van der Waals surface area contributed by atoms with E-state index >= 15 is 0 Å². The summed E-state index contributed by atoms with van der Waals surface area (Å²) >= 11 is 0. The van der Waals surface area contributed by atoms with Crippen LogP contribution >= 0.6 is 0 Å². The van der Waals surface area contributed by atoms with Gasteiger partial charge in [0.15, 0.2) is 0 Å². The van der Waals surface area contributed by atoms with Crippen LogP contribution in [0.15, 0.2) is 47.3 Å². The lowest BCUT2D eigenvalue weighted by atomic mass is 10.2. The second-order valence-electron chi connectivity index (χ2n) is 6.60. The van der Waals surface area contributed by atoms with Crippen LogP contribution in [0.5, 0.6) is 0 Å². The Morgan fingerprint density at radius 1 is 1.21 bits per heavy atom. The van der Waals surface area contributed by atoms with E-state index in [4.69, 9.17) is 4.42 Å². The lowest BCUT2D eigenvalue weighted by molar-refractivity contribution is 0.444. The van der Waals surface area contributed by atoms with E-state index in [-0.39, 0.29) is 0 Å². The number of rotatable bonds is 6. The van der Waals surface area contributed by atoms with Crippen molar-refractivity contribution in [3.63, 3.8) is 0 Å². The molecule has 0 amide bonds. The zero-order chi connectivity index (χ0) is 16.5. The third-order valence-electron chi connectivity index (χ3n) is 4.67. The molecule has 1 aliphatic carbocycles. The van der Waals surface area contributed by atoms with Gasteiger partial charge in [-0.1, -0.05) is 13.0 Å². The van der Waals surface area contributed by atoms with Gasteiger partial charge in [-0.15, -0.1) is 0 Å². The van der Waals surface area contributed by atoms with Crippen LogP contribution in [0.1, 0.15) is 42.2 Å². The first kappa shape index (κ1) is 15.1. The number of hydrogen-bond acceptors (Lipinski definition) is 4. The van der Waals surface area contributed by atoms with Crippen molar-refractivity contribution >= 4 is 0 Å². The van der Waals surface area contributed by atoms with E-state index in [1.165, 1.54) is 6.42 Å². The Morgan fingerprint density at radius 3 is 2.75 bits per heavy atom. The molecule has 5 nitrogen and oxygen atoms in total. The van der Waals surface area contributed by atoms with Crippen LogP contribution in [-0.4, -0.2) is 14.5 Å². The first-order valence-corrected chi connectivity index (χ1v) is 8.45. The van der Waals surface area contributed by atoms with Gasteiger partial charge in [0.25, 0.3) is 0 Å². The van der Waals surface area contributed by atoms with Gasteiger partial charge in [0.1, 0.15) is 23.2 Å². The normalized spacial score (nSPS) is 19.6. The Kier molecular flexibility index (Phi) is 3.94. The number of aryl methyl sites for hydroxylation is 1. The summed E-state index contributed by atoms with van der Waals surface area (Å²) in [6, 6.07) is 8.31. The molecule has 0 aliphatic heterocycles. The average Bonchev–Trinajstić information content (AvgIpc) is 2.99. The second-order valence-corrected chi connectivity index (χ2v) is 6.60. The van der Waals surface area contributed by atoms with E-state index in [0.717, 1.165) is 47.7 Å². The minimum atomic E-state index is 0.641. The van der Waals surface area contributed by atoms with Crippen molar-refractivity contribution in [1.82, 2.24) is 19.9 Å². The van der Waals surface area contributed by atoms with E-state index in [2.05, 4.69) is 40.4 Å². The molecule has 0 spiro atoms. The first-order chi connectivity index (χ1) is 11.7. The fraction of sp³-hybridized carbons (Fsp3) is 0.368. The van der Waals surface area contributed by atoms with Gasteiger partial charge >= 0.3 is 0 Å². The summed E-state index contributed by atoms with van der Waals surface area (Å²) in [4.78, 5) is 8.73. The number of nitrogens with one attached hydrogen (secondary N) is 1. The summed E-state index contributed by atoms with van der Waals surface area (Å²) in [6.45, 7) is 5.75. The molecule has 3 aromatic rings. The summed E-state index contributed by atoms with van der Waals surface area (Å²) in [5.41, 5.74) is 1.15. The SMILES string of the molecule is Cc1nccn1-c1ccc(CNCc2ccc([C@H]3C[C@H]3C)o2)cn1. The molecular formula is C19H22N4O. The number of furan rings is 1. The van der Waals surface area contributed by atoms with Gasteiger partial charge in [0.05, 0.1) is 6.54 Å². The predicted octanol–water partition coefficient (Wildman–Crippen LogP) is 3.58. The van der Waals surface area contributed by atoms with Gasteiger partial charge in [-0.05, 0) is 43.0 Å². The molecule has 24 heavy (non-hydrogen) atoms. The molecule has 1 saturated carbocycles.